The third-order valence-corrected chi connectivity index (χ3v) is 5.62. The second-order valence-electron chi connectivity index (χ2n) is 6.55. The van der Waals surface area contributed by atoms with Gasteiger partial charge in [0.1, 0.15) is 0 Å². The van der Waals surface area contributed by atoms with Gasteiger partial charge in [-0.15, -0.1) is 11.3 Å². The minimum Gasteiger partial charge on any atom is -0.357 e. The summed E-state index contributed by atoms with van der Waals surface area (Å²) in [5.41, 5.74) is 2.10. The molecule has 26 heavy (non-hydrogen) atoms. The number of carbonyl (C=O) groups is 1. The predicted molar refractivity (Wildman–Crippen MR) is 109 cm³/mol. The van der Waals surface area contributed by atoms with E-state index in [-0.39, 0.29) is 11.8 Å². The number of thiophene rings is 1. The monoisotopic (exact) mass is 370 g/mol. The van der Waals surface area contributed by atoms with Crippen molar-refractivity contribution in [1.82, 2.24) is 10.6 Å². The maximum Gasteiger partial charge on any atom is 0.225 e. The van der Waals surface area contributed by atoms with E-state index in [9.17, 15) is 4.79 Å². The van der Waals surface area contributed by atoms with E-state index in [4.69, 9.17) is 4.99 Å². The van der Waals surface area contributed by atoms with Gasteiger partial charge in [-0.3, -0.25) is 9.79 Å². The van der Waals surface area contributed by atoms with E-state index in [1.54, 1.807) is 11.3 Å². The van der Waals surface area contributed by atoms with Gasteiger partial charge in [-0.05, 0) is 30.0 Å². The minimum atomic E-state index is 0.0729. The van der Waals surface area contributed by atoms with E-state index in [2.05, 4.69) is 53.4 Å². The predicted octanol–water partition coefficient (Wildman–Crippen LogP) is 3.53. The van der Waals surface area contributed by atoms with Crippen LogP contribution in [0, 0.1) is 0 Å². The Labute approximate surface area is 158 Å². The zero-order valence-corrected chi connectivity index (χ0v) is 16.1. The fourth-order valence-electron chi connectivity index (χ4n) is 3.14. The summed E-state index contributed by atoms with van der Waals surface area (Å²) in [4.78, 5) is 18.0. The van der Waals surface area contributed by atoms with Crippen molar-refractivity contribution in [3.8, 4) is 0 Å². The summed E-state index contributed by atoms with van der Waals surface area (Å²) in [6.45, 7) is 6.48. The normalized spacial score (nSPS) is 18.0. The molecule has 0 aliphatic carbocycles. The third-order valence-electron chi connectivity index (χ3n) is 4.52. The van der Waals surface area contributed by atoms with Crippen molar-refractivity contribution in [2.75, 3.05) is 25.0 Å². The summed E-state index contributed by atoms with van der Waals surface area (Å²) in [6.07, 6.45) is 0.495. The van der Waals surface area contributed by atoms with Gasteiger partial charge in [-0.25, -0.2) is 0 Å². The van der Waals surface area contributed by atoms with Gasteiger partial charge in [0, 0.05) is 41.9 Å². The Bertz CT molecular complexity index is 757. The quantitative estimate of drug-likeness (QED) is 0.538. The van der Waals surface area contributed by atoms with Crippen molar-refractivity contribution >= 4 is 28.9 Å². The Morgan fingerprint density at radius 1 is 1.31 bits per heavy atom. The van der Waals surface area contributed by atoms with Crippen LogP contribution in [-0.2, 0) is 4.79 Å². The van der Waals surface area contributed by atoms with Crippen LogP contribution in [-0.4, -0.2) is 31.5 Å². The van der Waals surface area contributed by atoms with Crippen molar-refractivity contribution < 1.29 is 4.79 Å². The van der Waals surface area contributed by atoms with E-state index >= 15 is 0 Å². The molecule has 0 bridgehead atoms. The molecule has 2 unspecified atom stereocenters. The zero-order chi connectivity index (χ0) is 18.4. The van der Waals surface area contributed by atoms with Gasteiger partial charge in [0.05, 0.1) is 6.54 Å². The second kappa shape index (κ2) is 8.85. The maximum absolute atomic E-state index is 12.0. The lowest BCUT2D eigenvalue weighted by Crippen LogP contribution is -2.41. The number of amides is 1. The van der Waals surface area contributed by atoms with Gasteiger partial charge in [0.25, 0.3) is 0 Å². The van der Waals surface area contributed by atoms with Gasteiger partial charge in [-0.2, -0.15) is 0 Å². The molecule has 5 nitrogen and oxygen atoms in total. The molecular formula is C20H26N4OS. The van der Waals surface area contributed by atoms with Crippen LogP contribution in [0.1, 0.15) is 42.5 Å². The first kappa shape index (κ1) is 18.5. The van der Waals surface area contributed by atoms with Crippen LogP contribution in [0.3, 0.4) is 0 Å². The zero-order valence-electron chi connectivity index (χ0n) is 15.3. The summed E-state index contributed by atoms with van der Waals surface area (Å²) < 4.78 is 0. The Morgan fingerprint density at radius 2 is 2.15 bits per heavy atom. The number of carbonyl (C=O) groups excluding carboxylic acids is 1. The molecular weight excluding hydrogens is 344 g/mol. The van der Waals surface area contributed by atoms with Gasteiger partial charge in [-0.1, -0.05) is 31.2 Å². The topological polar surface area (TPSA) is 65.5 Å². The van der Waals surface area contributed by atoms with Gasteiger partial charge in [0.15, 0.2) is 5.96 Å². The van der Waals surface area contributed by atoms with Crippen molar-refractivity contribution in [1.29, 1.82) is 0 Å². The summed E-state index contributed by atoms with van der Waals surface area (Å²) >= 11 is 1.77. The number of hydrogen-bond donors (Lipinski definition) is 3. The number of nitrogens with one attached hydrogen (secondary N) is 3. The molecule has 1 aromatic carbocycles. The molecule has 2 heterocycles. The van der Waals surface area contributed by atoms with Crippen molar-refractivity contribution in [3.63, 3.8) is 0 Å². The molecule has 2 atom stereocenters. The summed E-state index contributed by atoms with van der Waals surface area (Å²) in [7, 11) is 0. The van der Waals surface area contributed by atoms with E-state index in [0.29, 0.717) is 18.9 Å². The fourth-order valence-corrected chi connectivity index (χ4v) is 3.91. The molecule has 0 fully saturated rings. The largest absolute Gasteiger partial charge is 0.357 e. The van der Waals surface area contributed by atoms with Gasteiger partial charge < -0.3 is 16.0 Å². The number of hydrogen-bond acceptors (Lipinski definition) is 3. The summed E-state index contributed by atoms with van der Waals surface area (Å²) in [6, 6.07) is 12.3. The van der Waals surface area contributed by atoms with Crippen LogP contribution >= 0.6 is 11.3 Å². The molecule has 138 valence electrons. The van der Waals surface area contributed by atoms with Crippen LogP contribution in [0.5, 0.6) is 0 Å². The minimum absolute atomic E-state index is 0.0729. The maximum atomic E-state index is 12.0. The molecule has 1 aliphatic rings. The molecule has 1 amide bonds. The van der Waals surface area contributed by atoms with E-state index < -0.39 is 0 Å². The van der Waals surface area contributed by atoms with Crippen LogP contribution in [0.2, 0.25) is 0 Å². The average Bonchev–Trinajstić information content (AvgIpc) is 3.18. The number of fused-ring (bicyclic) bond motifs is 1. The Kier molecular flexibility index (Phi) is 6.28. The number of nitrogens with zero attached hydrogens (tertiary/aromatic N) is 1. The number of para-hydroxylation sites is 1. The van der Waals surface area contributed by atoms with E-state index in [1.807, 2.05) is 18.2 Å². The van der Waals surface area contributed by atoms with Crippen LogP contribution in [0.25, 0.3) is 0 Å². The molecule has 3 rings (SSSR count). The Morgan fingerprint density at radius 3 is 2.92 bits per heavy atom. The molecule has 1 aromatic heterocycles. The third kappa shape index (κ3) is 4.64. The van der Waals surface area contributed by atoms with Crippen LogP contribution in [0.4, 0.5) is 5.69 Å². The van der Waals surface area contributed by atoms with Crippen molar-refractivity contribution in [2.24, 2.45) is 4.99 Å². The van der Waals surface area contributed by atoms with Crippen LogP contribution in [0.15, 0.2) is 46.8 Å². The molecule has 0 saturated carbocycles. The molecule has 0 radical (unpaired) electrons. The first-order valence-corrected chi connectivity index (χ1v) is 9.99. The van der Waals surface area contributed by atoms with Crippen LogP contribution < -0.4 is 16.0 Å². The number of anilines is 1. The first-order chi connectivity index (χ1) is 12.7. The number of benzene rings is 1. The molecule has 0 spiro atoms. The van der Waals surface area contributed by atoms with Crippen molar-refractivity contribution in [2.45, 2.75) is 32.1 Å². The number of guanidine groups is 1. The SMILES string of the molecule is CCNC(=NCC(C)c1cccs1)NCC1CC(=O)Nc2ccccc21. The number of aliphatic imine (C=N–C) groups is 1. The highest BCUT2D eigenvalue weighted by Crippen LogP contribution is 2.31. The second-order valence-corrected chi connectivity index (χ2v) is 7.53. The summed E-state index contributed by atoms with van der Waals surface area (Å²) in [5.74, 6) is 1.42. The fraction of sp³-hybridized carbons (Fsp3) is 0.400. The smallest absolute Gasteiger partial charge is 0.225 e. The lowest BCUT2D eigenvalue weighted by molar-refractivity contribution is -0.116. The van der Waals surface area contributed by atoms with Gasteiger partial charge in [0.2, 0.25) is 5.91 Å². The highest BCUT2D eigenvalue weighted by Gasteiger charge is 2.24. The molecule has 3 N–H and O–H groups in total. The van der Waals surface area contributed by atoms with Gasteiger partial charge >= 0.3 is 0 Å². The highest BCUT2D eigenvalue weighted by molar-refractivity contribution is 7.10. The Hall–Kier alpha value is -2.34. The van der Waals surface area contributed by atoms with Crippen molar-refractivity contribution in [3.05, 3.63) is 52.2 Å². The first-order valence-electron chi connectivity index (χ1n) is 9.11. The average molecular weight is 371 g/mol. The van der Waals surface area contributed by atoms with E-state index in [1.165, 1.54) is 10.4 Å². The lowest BCUT2D eigenvalue weighted by atomic mass is 9.90. The standard InChI is InChI=1S/C20H26N4OS/c1-3-21-20(22-12-14(2)18-9-6-10-26-18)23-13-15-11-19(25)24-17-8-5-4-7-16(15)17/h4-10,14-15H,3,11-13H2,1-2H3,(H,24,25)(H2,21,22,23). The van der Waals surface area contributed by atoms with E-state index in [0.717, 1.165) is 24.7 Å². The number of rotatable bonds is 6. The molecule has 6 heteroatoms. The molecule has 2 aromatic rings. The highest BCUT2D eigenvalue weighted by atomic mass is 32.1. The summed E-state index contributed by atoms with van der Waals surface area (Å²) in [5, 5.41) is 11.8. The lowest BCUT2D eigenvalue weighted by Gasteiger charge is -2.26. The molecule has 1 aliphatic heterocycles. The molecule has 0 saturated heterocycles. The Balaban J connectivity index is 1.63.